The molecule has 0 aliphatic heterocycles. The van der Waals surface area contributed by atoms with Gasteiger partial charge in [-0.1, -0.05) is 26.7 Å². The Morgan fingerprint density at radius 3 is 2.94 bits per heavy atom. The van der Waals surface area contributed by atoms with Gasteiger partial charge in [0.15, 0.2) is 0 Å². The van der Waals surface area contributed by atoms with Gasteiger partial charge in [0.1, 0.15) is 11.6 Å². The second kappa shape index (κ2) is 4.01. The molecule has 96 valence electrons. The van der Waals surface area contributed by atoms with Crippen molar-refractivity contribution in [3.05, 3.63) is 24.0 Å². The maximum Gasteiger partial charge on any atom is 0.117 e. The monoisotopic (exact) mass is 244 g/mol. The average molecular weight is 244 g/mol. The van der Waals surface area contributed by atoms with E-state index in [0.29, 0.717) is 17.1 Å². The lowest BCUT2D eigenvalue weighted by Gasteiger charge is -2.37. The minimum absolute atomic E-state index is 0.292. The van der Waals surface area contributed by atoms with Gasteiger partial charge in [-0.15, -0.1) is 0 Å². The SMILES string of the molecule is CC1(C)CCCCC1c1nc2ccc(O)cc2[nH]1. The van der Waals surface area contributed by atoms with E-state index in [1.807, 2.05) is 6.07 Å². The molecular formula is C15H20N2O. The summed E-state index contributed by atoms with van der Waals surface area (Å²) in [6.45, 7) is 4.67. The zero-order valence-electron chi connectivity index (χ0n) is 11.0. The molecular weight excluding hydrogens is 224 g/mol. The van der Waals surface area contributed by atoms with E-state index in [2.05, 4.69) is 18.8 Å². The lowest BCUT2D eigenvalue weighted by atomic mass is 9.68. The van der Waals surface area contributed by atoms with E-state index in [1.165, 1.54) is 25.7 Å². The first-order chi connectivity index (χ1) is 8.56. The summed E-state index contributed by atoms with van der Waals surface area (Å²) < 4.78 is 0. The molecule has 1 aliphatic rings. The first kappa shape index (κ1) is 11.6. The van der Waals surface area contributed by atoms with Crippen LogP contribution in [0, 0.1) is 5.41 Å². The maximum absolute atomic E-state index is 9.50. The van der Waals surface area contributed by atoms with Crippen LogP contribution in [0.2, 0.25) is 0 Å². The molecule has 1 atom stereocenters. The molecule has 1 heterocycles. The summed E-state index contributed by atoms with van der Waals surface area (Å²) in [4.78, 5) is 8.10. The van der Waals surface area contributed by atoms with Gasteiger partial charge in [0.05, 0.1) is 11.0 Å². The molecule has 1 saturated carbocycles. The number of nitrogens with zero attached hydrogens (tertiary/aromatic N) is 1. The number of hydrogen-bond donors (Lipinski definition) is 2. The molecule has 1 fully saturated rings. The number of aromatic amines is 1. The Bertz CT molecular complexity index is 571. The predicted octanol–water partition coefficient (Wildman–Crippen LogP) is 3.95. The van der Waals surface area contributed by atoms with Crippen LogP contribution in [0.5, 0.6) is 5.75 Å². The van der Waals surface area contributed by atoms with Crippen molar-refractivity contribution >= 4 is 11.0 Å². The van der Waals surface area contributed by atoms with Gasteiger partial charge in [-0.05, 0) is 30.4 Å². The number of rotatable bonds is 1. The van der Waals surface area contributed by atoms with E-state index in [-0.39, 0.29) is 0 Å². The molecule has 2 N–H and O–H groups in total. The normalized spacial score (nSPS) is 23.3. The van der Waals surface area contributed by atoms with Crippen LogP contribution in [0.4, 0.5) is 0 Å². The van der Waals surface area contributed by atoms with E-state index in [4.69, 9.17) is 4.98 Å². The highest BCUT2D eigenvalue weighted by atomic mass is 16.3. The predicted molar refractivity (Wildman–Crippen MR) is 72.7 cm³/mol. The average Bonchev–Trinajstić information content (AvgIpc) is 2.70. The molecule has 3 rings (SSSR count). The van der Waals surface area contributed by atoms with Crippen LogP contribution in [-0.2, 0) is 0 Å². The van der Waals surface area contributed by atoms with Crippen molar-refractivity contribution in [2.24, 2.45) is 5.41 Å². The fourth-order valence-corrected chi connectivity index (χ4v) is 3.18. The summed E-state index contributed by atoms with van der Waals surface area (Å²) in [6.07, 6.45) is 5.08. The van der Waals surface area contributed by atoms with Crippen molar-refractivity contribution < 1.29 is 5.11 Å². The van der Waals surface area contributed by atoms with Gasteiger partial charge >= 0.3 is 0 Å². The largest absolute Gasteiger partial charge is 0.508 e. The molecule has 1 aromatic carbocycles. The van der Waals surface area contributed by atoms with Gasteiger partial charge in [-0.2, -0.15) is 0 Å². The number of phenolic OH excluding ortho intramolecular Hbond substituents is 1. The van der Waals surface area contributed by atoms with Crippen LogP contribution >= 0.6 is 0 Å². The minimum Gasteiger partial charge on any atom is -0.508 e. The van der Waals surface area contributed by atoms with E-state index in [1.54, 1.807) is 12.1 Å². The molecule has 1 unspecified atom stereocenters. The van der Waals surface area contributed by atoms with Crippen LogP contribution < -0.4 is 0 Å². The first-order valence-electron chi connectivity index (χ1n) is 6.75. The fraction of sp³-hybridized carbons (Fsp3) is 0.533. The van der Waals surface area contributed by atoms with Crippen LogP contribution in [0.15, 0.2) is 18.2 Å². The van der Waals surface area contributed by atoms with Gasteiger partial charge in [-0.3, -0.25) is 0 Å². The number of aromatic nitrogens is 2. The van der Waals surface area contributed by atoms with Gasteiger partial charge in [0.2, 0.25) is 0 Å². The summed E-state index contributed by atoms with van der Waals surface area (Å²) in [5.41, 5.74) is 2.20. The Morgan fingerprint density at radius 1 is 1.33 bits per heavy atom. The molecule has 0 bridgehead atoms. The van der Waals surface area contributed by atoms with Crippen molar-refractivity contribution in [1.29, 1.82) is 0 Å². The quantitative estimate of drug-likeness (QED) is 0.798. The number of phenols is 1. The third-order valence-electron chi connectivity index (χ3n) is 4.32. The fourth-order valence-electron chi connectivity index (χ4n) is 3.18. The Kier molecular flexibility index (Phi) is 2.58. The summed E-state index contributed by atoms with van der Waals surface area (Å²) in [5.74, 6) is 1.88. The number of imidazole rings is 1. The number of hydrogen-bond acceptors (Lipinski definition) is 2. The molecule has 0 spiro atoms. The Morgan fingerprint density at radius 2 is 2.17 bits per heavy atom. The number of benzene rings is 1. The molecule has 0 radical (unpaired) electrons. The van der Waals surface area contributed by atoms with Crippen LogP contribution in [0.25, 0.3) is 11.0 Å². The highest BCUT2D eigenvalue weighted by Crippen LogP contribution is 2.46. The van der Waals surface area contributed by atoms with E-state index >= 15 is 0 Å². The molecule has 1 aliphatic carbocycles. The van der Waals surface area contributed by atoms with Crippen molar-refractivity contribution in [2.75, 3.05) is 0 Å². The maximum atomic E-state index is 9.50. The topological polar surface area (TPSA) is 48.9 Å². The smallest absolute Gasteiger partial charge is 0.117 e. The van der Waals surface area contributed by atoms with Gasteiger partial charge in [0.25, 0.3) is 0 Å². The number of fused-ring (bicyclic) bond motifs is 1. The van der Waals surface area contributed by atoms with Crippen LogP contribution in [0.1, 0.15) is 51.3 Å². The Hall–Kier alpha value is -1.51. The lowest BCUT2D eigenvalue weighted by molar-refractivity contribution is 0.193. The standard InChI is InChI=1S/C15H20N2O/c1-15(2)8-4-3-5-11(15)14-16-12-7-6-10(18)9-13(12)17-14/h6-7,9,11,18H,3-5,8H2,1-2H3,(H,16,17). The van der Waals surface area contributed by atoms with Crippen LogP contribution in [-0.4, -0.2) is 15.1 Å². The number of aromatic hydroxyl groups is 1. The summed E-state index contributed by atoms with van der Waals surface area (Å²) >= 11 is 0. The molecule has 18 heavy (non-hydrogen) atoms. The van der Waals surface area contributed by atoms with Crippen molar-refractivity contribution in [2.45, 2.75) is 45.4 Å². The minimum atomic E-state index is 0.292. The highest BCUT2D eigenvalue weighted by molar-refractivity contribution is 5.76. The Balaban J connectivity index is 2.03. The molecule has 0 saturated heterocycles. The first-order valence-corrected chi connectivity index (χ1v) is 6.75. The molecule has 2 aromatic rings. The van der Waals surface area contributed by atoms with Crippen LogP contribution in [0.3, 0.4) is 0 Å². The van der Waals surface area contributed by atoms with Gasteiger partial charge < -0.3 is 10.1 Å². The van der Waals surface area contributed by atoms with Gasteiger partial charge in [0, 0.05) is 12.0 Å². The summed E-state index contributed by atoms with van der Waals surface area (Å²) in [5, 5.41) is 9.50. The second-order valence-electron chi connectivity index (χ2n) is 6.11. The van der Waals surface area contributed by atoms with Crippen molar-refractivity contribution in [3.8, 4) is 5.75 Å². The Labute approximate surface area is 107 Å². The van der Waals surface area contributed by atoms with E-state index in [0.717, 1.165) is 16.9 Å². The van der Waals surface area contributed by atoms with E-state index in [9.17, 15) is 5.11 Å². The van der Waals surface area contributed by atoms with Crippen molar-refractivity contribution in [1.82, 2.24) is 9.97 Å². The number of nitrogens with one attached hydrogen (secondary N) is 1. The third-order valence-corrected chi connectivity index (χ3v) is 4.32. The highest BCUT2D eigenvalue weighted by Gasteiger charge is 2.35. The summed E-state index contributed by atoms with van der Waals surface area (Å²) in [7, 11) is 0. The molecule has 0 amide bonds. The lowest BCUT2D eigenvalue weighted by Crippen LogP contribution is -2.26. The van der Waals surface area contributed by atoms with Crippen molar-refractivity contribution in [3.63, 3.8) is 0 Å². The van der Waals surface area contributed by atoms with Gasteiger partial charge in [-0.25, -0.2) is 4.98 Å². The second-order valence-corrected chi connectivity index (χ2v) is 6.11. The zero-order chi connectivity index (χ0) is 12.8. The van der Waals surface area contributed by atoms with E-state index < -0.39 is 0 Å². The zero-order valence-corrected chi connectivity index (χ0v) is 11.0. The third kappa shape index (κ3) is 1.88. The molecule has 3 nitrogen and oxygen atoms in total. The number of H-pyrrole nitrogens is 1. The molecule has 1 aromatic heterocycles. The molecule has 3 heteroatoms. The summed E-state index contributed by atoms with van der Waals surface area (Å²) in [6, 6.07) is 5.32.